The van der Waals surface area contributed by atoms with Crippen molar-refractivity contribution in [3.63, 3.8) is 0 Å². The summed E-state index contributed by atoms with van der Waals surface area (Å²) < 4.78 is 39.6. The number of ether oxygens (including phenoxy) is 6. The molecule has 1 aliphatic heterocycles. The minimum absolute atomic E-state index is 0.105. The second-order valence-electron chi connectivity index (χ2n) is 11.7. The highest BCUT2D eigenvalue weighted by atomic mass is 16.5. The van der Waals surface area contributed by atoms with Crippen LogP contribution >= 0.6 is 0 Å². The topological polar surface area (TPSA) is 117 Å². The zero-order valence-electron chi connectivity index (χ0n) is 28.3. The monoisotopic (exact) mass is 666 g/mol. The third kappa shape index (κ3) is 5.38. The lowest BCUT2D eigenvalue weighted by molar-refractivity contribution is 0.104. The van der Waals surface area contributed by atoms with Gasteiger partial charge in [0.05, 0.1) is 65.0 Å². The summed E-state index contributed by atoms with van der Waals surface area (Å²) in [5.74, 6) is 3.79. The zero-order valence-corrected chi connectivity index (χ0v) is 28.3. The molecule has 1 aromatic heterocycles. The molecule has 2 aliphatic rings. The molecule has 7 rings (SSSR count). The molecule has 0 amide bonds. The molecule has 254 valence electrons. The molecule has 2 heterocycles. The van der Waals surface area contributed by atoms with Crippen molar-refractivity contribution in [2.45, 2.75) is 6.54 Å². The van der Waals surface area contributed by atoms with E-state index in [0.29, 0.717) is 80.2 Å². The van der Waals surface area contributed by atoms with Crippen molar-refractivity contribution in [3.05, 3.63) is 71.3 Å². The fourth-order valence-corrected chi connectivity index (χ4v) is 6.87. The van der Waals surface area contributed by atoms with E-state index >= 15 is 0 Å². The first-order valence-corrected chi connectivity index (χ1v) is 15.9. The predicted octanol–water partition coefficient (Wildman–Crippen LogP) is 6.16. The van der Waals surface area contributed by atoms with Crippen LogP contribution in [0.3, 0.4) is 0 Å². The van der Waals surface area contributed by atoms with Crippen molar-refractivity contribution in [1.29, 1.82) is 0 Å². The molecule has 5 aromatic rings. The number of nitrogens with zero attached hydrogens (tertiary/aromatic N) is 3. The molecule has 0 unspecified atom stereocenters. The number of carbonyl (C=O) groups is 1. The molecule has 0 radical (unpaired) electrons. The van der Waals surface area contributed by atoms with Crippen molar-refractivity contribution >= 4 is 33.7 Å². The van der Waals surface area contributed by atoms with Gasteiger partial charge in [0.2, 0.25) is 11.5 Å². The van der Waals surface area contributed by atoms with Gasteiger partial charge in [0, 0.05) is 67.2 Å². The van der Waals surface area contributed by atoms with Gasteiger partial charge in [-0.1, -0.05) is 35.5 Å². The molecule has 49 heavy (non-hydrogen) atoms. The Morgan fingerprint density at radius 1 is 0.735 bits per heavy atom. The van der Waals surface area contributed by atoms with Crippen LogP contribution in [0.5, 0.6) is 34.5 Å². The first-order chi connectivity index (χ1) is 23.9. The summed E-state index contributed by atoms with van der Waals surface area (Å²) in [6, 6.07) is 17.0. The highest BCUT2D eigenvalue weighted by Gasteiger charge is 2.34. The van der Waals surface area contributed by atoms with E-state index in [4.69, 9.17) is 32.9 Å². The van der Waals surface area contributed by atoms with E-state index < -0.39 is 0 Å². The molecular formula is C37H38N4O8. The maximum Gasteiger partial charge on any atom is 0.203 e. The van der Waals surface area contributed by atoms with Gasteiger partial charge in [-0.15, -0.1) is 0 Å². The number of fused-ring (bicyclic) bond motifs is 2. The second kappa shape index (κ2) is 13.1. The first kappa shape index (κ1) is 32.0. The Kier molecular flexibility index (Phi) is 8.55. The molecule has 0 bridgehead atoms. The van der Waals surface area contributed by atoms with Crippen LogP contribution in [-0.2, 0) is 6.54 Å². The number of rotatable bonds is 11. The second-order valence-corrected chi connectivity index (χ2v) is 11.7. The van der Waals surface area contributed by atoms with Gasteiger partial charge in [0.1, 0.15) is 5.52 Å². The number of aromatic nitrogens is 1. The van der Waals surface area contributed by atoms with Gasteiger partial charge in [-0.3, -0.25) is 9.69 Å². The van der Waals surface area contributed by atoms with Crippen molar-refractivity contribution in [2.24, 2.45) is 0 Å². The SMILES string of the molecule is COc1cc(Nc2cc(N3CCN(Cc4ccc(OC)c(OC)c4OC)CC3)c3noc4c3c2C(=O)c2ccccc2-4)cc(OC)c1OC. The van der Waals surface area contributed by atoms with E-state index in [1.807, 2.05) is 54.6 Å². The summed E-state index contributed by atoms with van der Waals surface area (Å²) >= 11 is 0. The Morgan fingerprint density at radius 3 is 2.02 bits per heavy atom. The molecule has 1 N–H and O–H groups in total. The number of carbonyl (C=O) groups excluding carboxylic acids is 1. The molecule has 1 aliphatic carbocycles. The van der Waals surface area contributed by atoms with Gasteiger partial charge < -0.3 is 43.2 Å². The maximum atomic E-state index is 14.2. The quantitative estimate of drug-likeness (QED) is 0.171. The van der Waals surface area contributed by atoms with Gasteiger partial charge in [0.15, 0.2) is 34.5 Å². The minimum Gasteiger partial charge on any atom is -0.493 e. The van der Waals surface area contributed by atoms with Crippen LogP contribution in [0.1, 0.15) is 21.5 Å². The lowest BCUT2D eigenvalue weighted by Crippen LogP contribution is -2.46. The Hall–Kier alpha value is -5.62. The molecule has 12 heteroatoms. The number of anilines is 3. The van der Waals surface area contributed by atoms with Crippen LogP contribution < -0.4 is 38.6 Å². The van der Waals surface area contributed by atoms with Crippen LogP contribution in [0.4, 0.5) is 17.1 Å². The Balaban J connectivity index is 1.26. The fourth-order valence-electron chi connectivity index (χ4n) is 6.87. The predicted molar refractivity (Wildman–Crippen MR) is 186 cm³/mol. The average Bonchev–Trinajstić information content (AvgIpc) is 3.59. The lowest BCUT2D eigenvalue weighted by Gasteiger charge is -2.36. The normalized spacial score (nSPS) is 14.0. The highest BCUT2D eigenvalue weighted by Crippen LogP contribution is 2.48. The Bertz CT molecular complexity index is 2030. The van der Waals surface area contributed by atoms with E-state index in [1.54, 1.807) is 42.7 Å². The number of hydrogen-bond acceptors (Lipinski definition) is 12. The summed E-state index contributed by atoms with van der Waals surface area (Å²) in [5.41, 5.74) is 5.62. The van der Waals surface area contributed by atoms with E-state index in [2.05, 4.69) is 20.3 Å². The van der Waals surface area contributed by atoms with Crippen LogP contribution in [0.25, 0.3) is 22.2 Å². The number of ketones is 1. The summed E-state index contributed by atoms with van der Waals surface area (Å²) in [5, 5.41) is 8.75. The van der Waals surface area contributed by atoms with Crippen LogP contribution in [0, 0.1) is 0 Å². The molecule has 0 saturated carbocycles. The molecule has 1 saturated heterocycles. The molecule has 0 atom stereocenters. The first-order valence-electron chi connectivity index (χ1n) is 15.9. The molecule has 4 aromatic carbocycles. The smallest absolute Gasteiger partial charge is 0.203 e. The van der Waals surface area contributed by atoms with Crippen LogP contribution in [0.2, 0.25) is 0 Å². The fraction of sp³-hybridized carbons (Fsp3) is 0.297. The number of nitrogens with one attached hydrogen (secondary N) is 1. The number of hydrogen-bond donors (Lipinski definition) is 1. The summed E-state index contributed by atoms with van der Waals surface area (Å²) in [7, 11) is 9.56. The van der Waals surface area contributed by atoms with E-state index in [9.17, 15) is 4.79 Å². The third-order valence-electron chi connectivity index (χ3n) is 9.21. The highest BCUT2D eigenvalue weighted by molar-refractivity contribution is 6.28. The minimum atomic E-state index is -0.105. The van der Waals surface area contributed by atoms with E-state index in [1.165, 1.54) is 0 Å². The summed E-state index contributed by atoms with van der Waals surface area (Å²) in [6.07, 6.45) is 0. The molecule has 12 nitrogen and oxygen atoms in total. The number of methoxy groups -OCH3 is 6. The maximum absolute atomic E-state index is 14.2. The lowest BCUT2D eigenvalue weighted by atomic mass is 9.86. The third-order valence-corrected chi connectivity index (χ3v) is 9.21. The Labute approximate surface area is 284 Å². The number of piperazine rings is 1. The van der Waals surface area contributed by atoms with Crippen molar-refractivity contribution in [2.75, 3.05) is 79.1 Å². The van der Waals surface area contributed by atoms with Crippen molar-refractivity contribution < 1.29 is 37.7 Å². The molecular weight excluding hydrogens is 628 g/mol. The average molecular weight is 667 g/mol. The van der Waals surface area contributed by atoms with Gasteiger partial charge >= 0.3 is 0 Å². The largest absolute Gasteiger partial charge is 0.493 e. The molecule has 0 spiro atoms. The van der Waals surface area contributed by atoms with Gasteiger partial charge in [-0.05, 0) is 12.1 Å². The van der Waals surface area contributed by atoms with Gasteiger partial charge in [-0.2, -0.15) is 0 Å². The standard InChI is InChI=1S/C37H38N4O8/c1-43-27-12-11-21(34(46-4)37(27)48-6)20-40-13-15-41(16-14-40)26-19-25(38-22-17-28(44-2)36(47-5)29(18-22)45-3)30-31-32(26)39-49-35(31)24-10-8-7-9-23(24)33(30)42/h7-12,17-19,38H,13-16,20H2,1-6H3. The van der Waals surface area contributed by atoms with Crippen LogP contribution in [-0.4, -0.2) is 84.7 Å². The number of benzene rings is 4. The van der Waals surface area contributed by atoms with Crippen molar-refractivity contribution in [1.82, 2.24) is 10.1 Å². The van der Waals surface area contributed by atoms with E-state index in [0.717, 1.165) is 43.0 Å². The summed E-state index contributed by atoms with van der Waals surface area (Å²) in [6.45, 7) is 3.69. The zero-order chi connectivity index (χ0) is 34.2. The Morgan fingerprint density at radius 2 is 1.39 bits per heavy atom. The van der Waals surface area contributed by atoms with E-state index in [-0.39, 0.29) is 5.78 Å². The van der Waals surface area contributed by atoms with Gasteiger partial charge in [0.25, 0.3) is 0 Å². The van der Waals surface area contributed by atoms with Crippen molar-refractivity contribution in [3.8, 4) is 45.8 Å². The molecule has 1 fully saturated rings. The van der Waals surface area contributed by atoms with Crippen LogP contribution in [0.15, 0.2) is 59.1 Å². The summed E-state index contributed by atoms with van der Waals surface area (Å²) in [4.78, 5) is 18.8. The van der Waals surface area contributed by atoms with Gasteiger partial charge in [-0.25, -0.2) is 0 Å².